The van der Waals surface area contributed by atoms with E-state index < -0.39 is 11.9 Å². The molecule has 3 rings (SSSR count). The molecule has 1 atom stereocenters. The lowest BCUT2D eigenvalue weighted by Gasteiger charge is -2.15. The third-order valence-corrected chi connectivity index (χ3v) is 4.41. The van der Waals surface area contributed by atoms with Crippen LogP contribution in [0.5, 0.6) is 0 Å². The van der Waals surface area contributed by atoms with Crippen LogP contribution in [-0.4, -0.2) is 16.8 Å². The third-order valence-electron chi connectivity index (χ3n) is 4.41. The number of halogens is 1. The molecule has 0 spiro atoms. The molecule has 3 aromatic rings. The summed E-state index contributed by atoms with van der Waals surface area (Å²) in [4.78, 5) is 28.7. The molecule has 0 aliphatic rings. The molecule has 2 aromatic carbocycles. The van der Waals surface area contributed by atoms with Crippen molar-refractivity contribution in [1.29, 1.82) is 0 Å². The smallest absolute Gasteiger partial charge is 0.277 e. The van der Waals surface area contributed by atoms with Crippen molar-refractivity contribution < 1.29 is 18.4 Å². The zero-order valence-corrected chi connectivity index (χ0v) is 16.2. The Labute approximate surface area is 168 Å². The minimum absolute atomic E-state index is 0.0748. The van der Waals surface area contributed by atoms with E-state index in [0.29, 0.717) is 24.1 Å². The van der Waals surface area contributed by atoms with E-state index in [0.717, 1.165) is 5.56 Å². The number of aromatic nitrogens is 1. The number of hydrogen-bond donors (Lipinski definition) is 2. The lowest BCUT2D eigenvalue weighted by Crippen LogP contribution is -2.29. The second-order valence-electron chi connectivity index (χ2n) is 6.65. The molecule has 0 aliphatic heterocycles. The van der Waals surface area contributed by atoms with Gasteiger partial charge in [0.2, 0.25) is 11.8 Å². The fourth-order valence-electron chi connectivity index (χ4n) is 2.82. The molecule has 0 saturated heterocycles. The monoisotopic (exact) mass is 395 g/mol. The van der Waals surface area contributed by atoms with Crippen LogP contribution < -0.4 is 10.6 Å². The molecular formula is C22H22FN3O3. The molecule has 0 fully saturated rings. The fraction of sp³-hybridized carbons (Fsp3) is 0.227. The molecule has 0 radical (unpaired) electrons. The molecule has 0 saturated carbocycles. The van der Waals surface area contributed by atoms with Gasteiger partial charge in [0, 0.05) is 18.5 Å². The summed E-state index contributed by atoms with van der Waals surface area (Å²) in [5.41, 5.74) is 1.96. The van der Waals surface area contributed by atoms with Gasteiger partial charge in [0.25, 0.3) is 5.91 Å². The number of carbonyl (C=O) groups is 2. The Kier molecular flexibility index (Phi) is 6.39. The lowest BCUT2D eigenvalue weighted by atomic mass is 10.1. The van der Waals surface area contributed by atoms with Crippen molar-refractivity contribution in [1.82, 2.24) is 10.3 Å². The minimum Gasteiger partial charge on any atom is -0.446 e. The highest BCUT2D eigenvalue weighted by atomic mass is 19.1. The number of amides is 2. The summed E-state index contributed by atoms with van der Waals surface area (Å²) in [6, 6.07) is 13.4. The lowest BCUT2D eigenvalue weighted by molar-refractivity contribution is -0.121. The number of carbonyl (C=O) groups excluding carboxylic acids is 2. The summed E-state index contributed by atoms with van der Waals surface area (Å²) in [5, 5.41) is 5.54. The van der Waals surface area contributed by atoms with Crippen molar-refractivity contribution in [2.24, 2.45) is 0 Å². The van der Waals surface area contributed by atoms with Gasteiger partial charge < -0.3 is 15.1 Å². The average Bonchev–Trinajstić information content (AvgIpc) is 3.21. The van der Waals surface area contributed by atoms with Crippen LogP contribution in [0.3, 0.4) is 0 Å². The number of hydrogen-bond acceptors (Lipinski definition) is 4. The number of nitrogens with zero attached hydrogens (tertiary/aromatic N) is 1. The Morgan fingerprint density at radius 1 is 1.17 bits per heavy atom. The standard InChI is InChI=1S/C22H22FN3O3/c1-3-20(27)25-18(12-15-7-5-4-6-8-15)22-26-19(13-29-22)21(28)24-16-9-10-17(23)14(2)11-16/h4-11,13,18H,3,12H2,1-2H3,(H,24,28)(H,25,27)/t18-/m1/s1. The molecule has 150 valence electrons. The SMILES string of the molecule is CCC(=O)N[C@H](Cc1ccccc1)c1nc(C(=O)Nc2ccc(F)c(C)c2)co1. The van der Waals surface area contributed by atoms with Crippen LogP contribution in [0.2, 0.25) is 0 Å². The van der Waals surface area contributed by atoms with Crippen molar-refractivity contribution >= 4 is 17.5 Å². The largest absolute Gasteiger partial charge is 0.446 e. The van der Waals surface area contributed by atoms with E-state index in [9.17, 15) is 14.0 Å². The Morgan fingerprint density at radius 2 is 1.93 bits per heavy atom. The summed E-state index contributed by atoms with van der Waals surface area (Å²) in [7, 11) is 0. The molecule has 1 aromatic heterocycles. The number of aryl methyl sites for hydroxylation is 1. The molecule has 0 unspecified atom stereocenters. The zero-order chi connectivity index (χ0) is 20.8. The second kappa shape index (κ2) is 9.14. The quantitative estimate of drug-likeness (QED) is 0.628. The Bertz CT molecular complexity index is 1000. The molecule has 0 bridgehead atoms. The first-order chi connectivity index (χ1) is 14.0. The Hall–Kier alpha value is -3.48. The highest BCUT2D eigenvalue weighted by Crippen LogP contribution is 2.20. The maximum atomic E-state index is 13.4. The van der Waals surface area contributed by atoms with Gasteiger partial charge in [0.15, 0.2) is 5.69 Å². The van der Waals surface area contributed by atoms with Gasteiger partial charge in [-0.3, -0.25) is 9.59 Å². The average molecular weight is 395 g/mol. The van der Waals surface area contributed by atoms with Crippen molar-refractivity contribution in [2.75, 3.05) is 5.32 Å². The first kappa shape index (κ1) is 20.3. The first-order valence-corrected chi connectivity index (χ1v) is 9.32. The van der Waals surface area contributed by atoms with E-state index in [1.165, 1.54) is 24.5 Å². The molecule has 2 amide bonds. The topological polar surface area (TPSA) is 84.2 Å². The van der Waals surface area contributed by atoms with Crippen LogP contribution in [0.1, 0.15) is 46.9 Å². The summed E-state index contributed by atoms with van der Waals surface area (Å²) in [6.07, 6.45) is 2.05. The van der Waals surface area contributed by atoms with Gasteiger partial charge in [-0.2, -0.15) is 0 Å². The molecule has 0 aliphatic carbocycles. The van der Waals surface area contributed by atoms with Crippen molar-refractivity contribution in [3.8, 4) is 0 Å². The first-order valence-electron chi connectivity index (χ1n) is 9.32. The molecule has 6 nitrogen and oxygen atoms in total. The maximum absolute atomic E-state index is 13.4. The number of rotatable bonds is 7. The van der Waals surface area contributed by atoms with E-state index in [4.69, 9.17) is 4.42 Å². The van der Waals surface area contributed by atoms with Crippen LogP contribution in [0.25, 0.3) is 0 Å². The summed E-state index contributed by atoms with van der Waals surface area (Å²) < 4.78 is 18.9. The number of oxazole rings is 1. The molecule has 7 heteroatoms. The van der Waals surface area contributed by atoms with Crippen molar-refractivity contribution in [3.63, 3.8) is 0 Å². The number of nitrogens with one attached hydrogen (secondary N) is 2. The van der Waals surface area contributed by atoms with E-state index >= 15 is 0 Å². The highest BCUT2D eigenvalue weighted by Gasteiger charge is 2.22. The number of benzene rings is 2. The molecule has 29 heavy (non-hydrogen) atoms. The van der Waals surface area contributed by atoms with Crippen LogP contribution in [0, 0.1) is 12.7 Å². The molecular weight excluding hydrogens is 373 g/mol. The van der Waals surface area contributed by atoms with Crippen LogP contribution >= 0.6 is 0 Å². The second-order valence-corrected chi connectivity index (χ2v) is 6.65. The van der Waals surface area contributed by atoms with E-state index in [1.54, 1.807) is 13.8 Å². The van der Waals surface area contributed by atoms with E-state index in [-0.39, 0.29) is 23.3 Å². The summed E-state index contributed by atoms with van der Waals surface area (Å²) in [5.74, 6) is -0.721. The summed E-state index contributed by atoms with van der Waals surface area (Å²) >= 11 is 0. The van der Waals surface area contributed by atoms with E-state index in [2.05, 4.69) is 15.6 Å². The van der Waals surface area contributed by atoms with Crippen molar-refractivity contribution in [2.45, 2.75) is 32.7 Å². The Balaban J connectivity index is 1.77. The van der Waals surface area contributed by atoms with Crippen LogP contribution in [0.15, 0.2) is 59.2 Å². The van der Waals surface area contributed by atoms with Gasteiger partial charge in [-0.05, 0) is 36.2 Å². The zero-order valence-electron chi connectivity index (χ0n) is 16.2. The van der Waals surface area contributed by atoms with Gasteiger partial charge in [-0.25, -0.2) is 9.37 Å². The summed E-state index contributed by atoms with van der Waals surface area (Å²) in [6.45, 7) is 3.37. The normalized spacial score (nSPS) is 11.7. The van der Waals surface area contributed by atoms with Crippen LogP contribution in [0.4, 0.5) is 10.1 Å². The van der Waals surface area contributed by atoms with Crippen LogP contribution in [-0.2, 0) is 11.2 Å². The van der Waals surface area contributed by atoms with E-state index in [1.807, 2.05) is 30.3 Å². The fourth-order valence-corrected chi connectivity index (χ4v) is 2.82. The molecule has 1 heterocycles. The van der Waals surface area contributed by atoms with Gasteiger partial charge in [0.05, 0.1) is 0 Å². The minimum atomic E-state index is -0.500. The predicted molar refractivity (Wildman–Crippen MR) is 107 cm³/mol. The van der Waals surface area contributed by atoms with Crippen molar-refractivity contribution in [3.05, 3.63) is 83.3 Å². The van der Waals surface area contributed by atoms with Gasteiger partial charge >= 0.3 is 0 Å². The van der Waals surface area contributed by atoms with Gasteiger partial charge in [-0.1, -0.05) is 37.3 Å². The Morgan fingerprint density at radius 3 is 2.62 bits per heavy atom. The maximum Gasteiger partial charge on any atom is 0.277 e. The predicted octanol–water partition coefficient (Wildman–Crippen LogP) is 4.18. The van der Waals surface area contributed by atoms with Gasteiger partial charge in [0.1, 0.15) is 18.1 Å². The van der Waals surface area contributed by atoms with Gasteiger partial charge in [-0.15, -0.1) is 0 Å². The number of anilines is 1. The molecule has 2 N–H and O–H groups in total. The third kappa shape index (κ3) is 5.28. The highest BCUT2D eigenvalue weighted by molar-refractivity contribution is 6.02.